The van der Waals surface area contributed by atoms with Gasteiger partial charge in [0.1, 0.15) is 0 Å². The number of hydrogen-bond acceptors (Lipinski definition) is 2. The van der Waals surface area contributed by atoms with Crippen LogP contribution >= 0.6 is 11.6 Å². The summed E-state index contributed by atoms with van der Waals surface area (Å²) >= 11 is 5.89. The molecule has 0 unspecified atom stereocenters. The van der Waals surface area contributed by atoms with Crippen molar-refractivity contribution >= 4 is 23.0 Å². The molecule has 1 N–H and O–H groups in total. The second-order valence-corrected chi connectivity index (χ2v) is 3.73. The van der Waals surface area contributed by atoms with E-state index in [-0.39, 0.29) is 0 Å². The van der Waals surface area contributed by atoms with Gasteiger partial charge in [0.15, 0.2) is 0 Å². The van der Waals surface area contributed by atoms with Gasteiger partial charge in [-0.05, 0) is 6.07 Å². The fraction of sp³-hybridized carbons (Fsp3) is 0.400. The SMILES string of the molecule is [NH-]c1cc(Cl)cc(N2CCOCC2)c1. The molecule has 1 saturated heterocycles. The molecule has 1 heterocycles. The largest absolute Gasteiger partial charge is 0.699 e. The number of halogens is 1. The lowest BCUT2D eigenvalue weighted by Crippen LogP contribution is -2.36. The number of ether oxygens (including phenoxy) is 1. The van der Waals surface area contributed by atoms with E-state index in [1.54, 1.807) is 6.07 Å². The number of anilines is 1. The van der Waals surface area contributed by atoms with E-state index in [0.29, 0.717) is 10.7 Å². The van der Waals surface area contributed by atoms with E-state index in [1.165, 1.54) is 0 Å². The molecule has 0 spiro atoms. The molecule has 1 aromatic carbocycles. The molecule has 0 saturated carbocycles. The molecule has 0 atom stereocenters. The van der Waals surface area contributed by atoms with E-state index in [2.05, 4.69) is 4.90 Å². The molecule has 1 aliphatic heterocycles. The number of hydrogen-bond donors (Lipinski definition) is 0. The predicted molar refractivity (Wildman–Crippen MR) is 58.5 cm³/mol. The molecular weight excluding hydrogens is 200 g/mol. The third-order valence-electron chi connectivity index (χ3n) is 2.26. The Hall–Kier alpha value is -0.930. The summed E-state index contributed by atoms with van der Waals surface area (Å²) in [7, 11) is 0. The minimum Gasteiger partial charge on any atom is -0.699 e. The summed E-state index contributed by atoms with van der Waals surface area (Å²) in [6.07, 6.45) is 0. The standard InChI is InChI=1S/C10H12ClN2O/c11-8-5-9(12)7-10(6-8)13-1-3-14-4-2-13/h5-7,12H,1-4H2/q-1. The molecule has 0 amide bonds. The van der Waals surface area contributed by atoms with E-state index in [4.69, 9.17) is 22.1 Å². The Bertz CT molecular complexity index is 304. The van der Waals surface area contributed by atoms with Gasteiger partial charge in [-0.2, -0.15) is 0 Å². The lowest BCUT2D eigenvalue weighted by molar-refractivity contribution is 0.122. The van der Waals surface area contributed by atoms with Crippen LogP contribution in [0.15, 0.2) is 18.2 Å². The first kappa shape index (κ1) is 9.62. The van der Waals surface area contributed by atoms with Crippen molar-refractivity contribution in [3.8, 4) is 0 Å². The second kappa shape index (κ2) is 4.07. The van der Waals surface area contributed by atoms with Crippen molar-refractivity contribution in [2.45, 2.75) is 0 Å². The zero-order valence-corrected chi connectivity index (χ0v) is 8.55. The van der Waals surface area contributed by atoms with Crippen LogP contribution in [0.5, 0.6) is 0 Å². The number of nitrogens with one attached hydrogen (secondary N) is 1. The molecule has 0 radical (unpaired) electrons. The van der Waals surface area contributed by atoms with Gasteiger partial charge >= 0.3 is 0 Å². The maximum absolute atomic E-state index is 7.55. The van der Waals surface area contributed by atoms with E-state index in [9.17, 15) is 0 Å². The average Bonchev–Trinajstić information content (AvgIpc) is 2.18. The molecule has 2 rings (SSSR count). The minimum atomic E-state index is 0.457. The zero-order chi connectivity index (χ0) is 9.97. The van der Waals surface area contributed by atoms with Crippen LogP contribution in [0.25, 0.3) is 5.73 Å². The number of benzene rings is 1. The Kier molecular flexibility index (Phi) is 2.79. The quantitative estimate of drug-likeness (QED) is 0.716. The highest BCUT2D eigenvalue weighted by Gasteiger charge is 2.10. The predicted octanol–water partition coefficient (Wildman–Crippen LogP) is 2.86. The molecule has 3 nitrogen and oxygen atoms in total. The molecule has 1 aromatic rings. The van der Waals surface area contributed by atoms with Gasteiger partial charge in [0.2, 0.25) is 0 Å². The molecular formula is C10H12ClN2O-. The minimum absolute atomic E-state index is 0.457. The zero-order valence-electron chi connectivity index (χ0n) is 7.79. The van der Waals surface area contributed by atoms with Gasteiger partial charge in [-0.3, -0.25) is 0 Å². The van der Waals surface area contributed by atoms with Crippen LogP contribution in [-0.2, 0) is 4.74 Å². The van der Waals surface area contributed by atoms with Crippen molar-refractivity contribution in [3.05, 3.63) is 29.0 Å². The van der Waals surface area contributed by atoms with Crippen molar-refractivity contribution in [1.29, 1.82) is 0 Å². The normalized spacial score (nSPS) is 17.1. The van der Waals surface area contributed by atoms with Crippen molar-refractivity contribution < 1.29 is 4.74 Å². The van der Waals surface area contributed by atoms with Crippen LogP contribution in [0.1, 0.15) is 0 Å². The first-order valence-corrected chi connectivity index (χ1v) is 4.98. The second-order valence-electron chi connectivity index (χ2n) is 3.30. The number of rotatable bonds is 1. The van der Waals surface area contributed by atoms with Gasteiger partial charge in [-0.15, -0.1) is 5.69 Å². The Morgan fingerprint density at radius 3 is 2.57 bits per heavy atom. The van der Waals surface area contributed by atoms with E-state index in [0.717, 1.165) is 32.0 Å². The van der Waals surface area contributed by atoms with Gasteiger partial charge in [0, 0.05) is 23.8 Å². The van der Waals surface area contributed by atoms with Crippen LogP contribution in [0.3, 0.4) is 0 Å². The van der Waals surface area contributed by atoms with Crippen molar-refractivity contribution in [3.63, 3.8) is 0 Å². The summed E-state index contributed by atoms with van der Waals surface area (Å²) in [5.74, 6) is 0. The molecule has 4 heteroatoms. The van der Waals surface area contributed by atoms with Crippen LogP contribution in [0.2, 0.25) is 5.02 Å². The highest BCUT2D eigenvalue weighted by Crippen LogP contribution is 2.26. The third-order valence-corrected chi connectivity index (χ3v) is 2.48. The number of nitrogens with zero attached hydrogens (tertiary/aromatic N) is 1. The van der Waals surface area contributed by atoms with Gasteiger partial charge in [-0.25, -0.2) is 0 Å². The van der Waals surface area contributed by atoms with E-state index < -0.39 is 0 Å². The average molecular weight is 212 g/mol. The summed E-state index contributed by atoms with van der Waals surface area (Å²) in [5.41, 5.74) is 9.03. The van der Waals surface area contributed by atoms with Gasteiger partial charge < -0.3 is 15.4 Å². The maximum atomic E-state index is 7.55. The van der Waals surface area contributed by atoms with Crippen LogP contribution in [-0.4, -0.2) is 26.3 Å². The topological polar surface area (TPSA) is 36.3 Å². The lowest BCUT2D eigenvalue weighted by atomic mass is 10.2. The van der Waals surface area contributed by atoms with Crippen LogP contribution in [0.4, 0.5) is 11.4 Å². The molecule has 0 aliphatic carbocycles. The van der Waals surface area contributed by atoms with E-state index >= 15 is 0 Å². The van der Waals surface area contributed by atoms with E-state index in [1.807, 2.05) is 12.1 Å². The van der Waals surface area contributed by atoms with Crippen LogP contribution in [0, 0.1) is 0 Å². The van der Waals surface area contributed by atoms with Gasteiger partial charge in [-0.1, -0.05) is 23.7 Å². The van der Waals surface area contributed by atoms with Crippen molar-refractivity contribution in [2.75, 3.05) is 31.2 Å². The molecule has 76 valence electrons. The lowest BCUT2D eigenvalue weighted by Gasteiger charge is -2.29. The monoisotopic (exact) mass is 211 g/mol. The summed E-state index contributed by atoms with van der Waals surface area (Å²) in [6, 6.07) is 5.37. The summed E-state index contributed by atoms with van der Waals surface area (Å²) < 4.78 is 5.26. The number of morpholine rings is 1. The molecule has 14 heavy (non-hydrogen) atoms. The Morgan fingerprint density at radius 2 is 1.93 bits per heavy atom. The fourth-order valence-electron chi connectivity index (χ4n) is 1.58. The molecule has 1 aliphatic rings. The summed E-state index contributed by atoms with van der Waals surface area (Å²) in [6.45, 7) is 3.25. The van der Waals surface area contributed by atoms with Crippen molar-refractivity contribution in [2.24, 2.45) is 0 Å². The Morgan fingerprint density at radius 1 is 1.21 bits per heavy atom. The van der Waals surface area contributed by atoms with Crippen LogP contribution < -0.4 is 4.90 Å². The molecule has 0 bridgehead atoms. The Labute approximate surface area is 88.4 Å². The molecule has 0 aromatic heterocycles. The smallest absolute Gasteiger partial charge is 0.0642 e. The Balaban J connectivity index is 2.21. The van der Waals surface area contributed by atoms with Gasteiger partial charge in [0.25, 0.3) is 0 Å². The summed E-state index contributed by atoms with van der Waals surface area (Å²) in [4.78, 5) is 2.19. The first-order chi connectivity index (χ1) is 6.75. The first-order valence-electron chi connectivity index (χ1n) is 4.60. The third kappa shape index (κ3) is 2.11. The highest BCUT2D eigenvalue weighted by atomic mass is 35.5. The highest BCUT2D eigenvalue weighted by molar-refractivity contribution is 6.31. The molecule has 1 fully saturated rings. The maximum Gasteiger partial charge on any atom is 0.0642 e. The van der Waals surface area contributed by atoms with Gasteiger partial charge in [0.05, 0.1) is 13.2 Å². The fourth-order valence-corrected chi connectivity index (χ4v) is 1.81. The summed E-state index contributed by atoms with van der Waals surface area (Å²) in [5, 5.41) is 0.624. The van der Waals surface area contributed by atoms with Crippen molar-refractivity contribution in [1.82, 2.24) is 0 Å².